The molecule has 0 saturated heterocycles. The predicted octanol–water partition coefficient (Wildman–Crippen LogP) is 3.20. The summed E-state index contributed by atoms with van der Waals surface area (Å²) >= 11 is 0. The van der Waals surface area contributed by atoms with E-state index >= 15 is 0 Å². The molecule has 1 N–H and O–H groups in total. The molecule has 3 fully saturated rings. The van der Waals surface area contributed by atoms with Gasteiger partial charge in [0.1, 0.15) is 0 Å². The van der Waals surface area contributed by atoms with Crippen LogP contribution in [0.4, 0.5) is 0 Å². The Morgan fingerprint density at radius 2 is 2.00 bits per heavy atom. The minimum Gasteiger partial charge on any atom is -0.317 e. The average Bonchev–Trinajstić information content (AvgIpc) is 2.75. The number of rotatable bonds is 4. The SMILES string of the molecule is CNC(CC1CC2CCC1C2)C1CCC1. The second-order valence-corrected chi connectivity index (χ2v) is 6.26. The van der Waals surface area contributed by atoms with Crippen molar-refractivity contribution in [1.82, 2.24) is 5.32 Å². The van der Waals surface area contributed by atoms with Crippen molar-refractivity contribution in [2.24, 2.45) is 23.7 Å². The van der Waals surface area contributed by atoms with E-state index in [1.54, 1.807) is 25.7 Å². The van der Waals surface area contributed by atoms with Crippen molar-refractivity contribution in [2.75, 3.05) is 7.05 Å². The van der Waals surface area contributed by atoms with Crippen LogP contribution >= 0.6 is 0 Å². The van der Waals surface area contributed by atoms with E-state index in [0.717, 1.165) is 29.7 Å². The fourth-order valence-electron chi connectivity index (χ4n) is 4.38. The molecule has 0 spiro atoms. The van der Waals surface area contributed by atoms with E-state index in [1.165, 1.54) is 25.7 Å². The van der Waals surface area contributed by atoms with Crippen LogP contribution in [-0.2, 0) is 0 Å². The first-order valence-electron chi connectivity index (χ1n) is 7.04. The highest BCUT2D eigenvalue weighted by atomic mass is 14.9. The smallest absolute Gasteiger partial charge is 0.00950 e. The van der Waals surface area contributed by atoms with Crippen LogP contribution in [0, 0.1) is 23.7 Å². The summed E-state index contributed by atoms with van der Waals surface area (Å²) < 4.78 is 0. The van der Waals surface area contributed by atoms with Gasteiger partial charge in [-0.1, -0.05) is 12.8 Å². The van der Waals surface area contributed by atoms with Crippen molar-refractivity contribution in [3.8, 4) is 0 Å². The molecule has 0 aliphatic heterocycles. The third-order valence-corrected chi connectivity index (χ3v) is 5.53. The van der Waals surface area contributed by atoms with Gasteiger partial charge in [0, 0.05) is 6.04 Å². The van der Waals surface area contributed by atoms with Crippen molar-refractivity contribution < 1.29 is 0 Å². The molecule has 2 bridgehead atoms. The Morgan fingerprint density at radius 1 is 1.13 bits per heavy atom. The zero-order valence-corrected chi connectivity index (χ0v) is 10.0. The van der Waals surface area contributed by atoms with Crippen molar-refractivity contribution in [2.45, 2.75) is 57.4 Å². The van der Waals surface area contributed by atoms with Gasteiger partial charge >= 0.3 is 0 Å². The molecule has 0 aromatic rings. The zero-order valence-electron chi connectivity index (χ0n) is 10.0. The minimum absolute atomic E-state index is 0.850. The largest absolute Gasteiger partial charge is 0.317 e. The van der Waals surface area contributed by atoms with Gasteiger partial charge in [0.25, 0.3) is 0 Å². The lowest BCUT2D eigenvalue weighted by atomic mass is 9.74. The van der Waals surface area contributed by atoms with E-state index in [1.807, 2.05) is 0 Å². The van der Waals surface area contributed by atoms with Gasteiger partial charge in [0.2, 0.25) is 0 Å². The van der Waals surface area contributed by atoms with Gasteiger partial charge in [-0.05, 0) is 69.2 Å². The maximum absolute atomic E-state index is 3.59. The maximum atomic E-state index is 3.59. The predicted molar refractivity (Wildman–Crippen MR) is 63.7 cm³/mol. The Morgan fingerprint density at radius 3 is 2.47 bits per heavy atom. The normalized spacial score (nSPS) is 41.8. The van der Waals surface area contributed by atoms with Crippen LogP contribution in [0.25, 0.3) is 0 Å². The van der Waals surface area contributed by atoms with E-state index in [0.29, 0.717) is 0 Å². The molecule has 86 valence electrons. The van der Waals surface area contributed by atoms with Gasteiger partial charge in [-0.15, -0.1) is 0 Å². The maximum Gasteiger partial charge on any atom is 0.00950 e. The lowest BCUT2D eigenvalue weighted by Gasteiger charge is -2.36. The Hall–Kier alpha value is -0.0400. The quantitative estimate of drug-likeness (QED) is 0.746. The first kappa shape index (κ1) is 10.1. The number of nitrogens with one attached hydrogen (secondary N) is 1. The highest BCUT2D eigenvalue weighted by molar-refractivity contribution is 4.93. The van der Waals surface area contributed by atoms with Crippen LogP contribution in [0.1, 0.15) is 51.4 Å². The fraction of sp³-hybridized carbons (Fsp3) is 1.00. The molecule has 3 aliphatic rings. The number of fused-ring (bicyclic) bond motifs is 2. The first-order valence-corrected chi connectivity index (χ1v) is 7.04. The number of hydrogen-bond acceptors (Lipinski definition) is 1. The van der Waals surface area contributed by atoms with E-state index in [-0.39, 0.29) is 0 Å². The van der Waals surface area contributed by atoms with E-state index in [9.17, 15) is 0 Å². The standard InChI is InChI=1S/C14H25N/c1-15-14(11-3-2-4-11)9-13-8-10-5-6-12(13)7-10/h10-15H,2-9H2,1H3. The molecule has 3 rings (SSSR count). The molecule has 0 amide bonds. The Kier molecular flexibility index (Phi) is 2.76. The third-order valence-electron chi connectivity index (χ3n) is 5.53. The summed E-state index contributed by atoms with van der Waals surface area (Å²) in [5, 5.41) is 3.59. The molecule has 3 saturated carbocycles. The molecule has 0 aromatic carbocycles. The van der Waals surface area contributed by atoms with Crippen LogP contribution in [0.15, 0.2) is 0 Å². The minimum atomic E-state index is 0.850. The number of hydrogen-bond donors (Lipinski definition) is 1. The molecule has 1 heteroatoms. The molecule has 15 heavy (non-hydrogen) atoms. The molecule has 0 aromatic heterocycles. The summed E-state index contributed by atoms with van der Waals surface area (Å²) in [7, 11) is 2.18. The summed E-state index contributed by atoms with van der Waals surface area (Å²) in [5.41, 5.74) is 0. The van der Waals surface area contributed by atoms with Gasteiger partial charge in [-0.25, -0.2) is 0 Å². The molecule has 3 aliphatic carbocycles. The van der Waals surface area contributed by atoms with Crippen LogP contribution < -0.4 is 5.32 Å². The fourth-order valence-corrected chi connectivity index (χ4v) is 4.38. The van der Waals surface area contributed by atoms with E-state index in [4.69, 9.17) is 0 Å². The molecule has 4 atom stereocenters. The van der Waals surface area contributed by atoms with Gasteiger partial charge in [0.15, 0.2) is 0 Å². The molecule has 4 unspecified atom stereocenters. The van der Waals surface area contributed by atoms with Crippen molar-refractivity contribution in [1.29, 1.82) is 0 Å². The summed E-state index contributed by atoms with van der Waals surface area (Å²) in [5.74, 6) is 4.35. The van der Waals surface area contributed by atoms with Crippen molar-refractivity contribution in [3.05, 3.63) is 0 Å². The summed E-state index contributed by atoms with van der Waals surface area (Å²) in [6, 6.07) is 0.850. The van der Waals surface area contributed by atoms with Gasteiger partial charge < -0.3 is 5.32 Å². The van der Waals surface area contributed by atoms with Crippen molar-refractivity contribution in [3.63, 3.8) is 0 Å². The van der Waals surface area contributed by atoms with Gasteiger partial charge in [0.05, 0.1) is 0 Å². The third kappa shape index (κ3) is 1.84. The Labute approximate surface area is 94.0 Å². The van der Waals surface area contributed by atoms with Crippen LogP contribution in [0.2, 0.25) is 0 Å². The lowest BCUT2D eigenvalue weighted by molar-refractivity contribution is 0.184. The molecule has 1 nitrogen and oxygen atoms in total. The van der Waals surface area contributed by atoms with E-state index in [2.05, 4.69) is 12.4 Å². The molecular formula is C14H25N. The summed E-state index contributed by atoms with van der Waals surface area (Å²) in [6.07, 6.45) is 12.2. The average molecular weight is 207 g/mol. The first-order chi connectivity index (χ1) is 7.36. The highest BCUT2D eigenvalue weighted by Gasteiger charge is 2.41. The zero-order chi connectivity index (χ0) is 10.3. The second-order valence-electron chi connectivity index (χ2n) is 6.26. The molecule has 0 radical (unpaired) electrons. The van der Waals surface area contributed by atoms with E-state index < -0.39 is 0 Å². The molecule has 0 heterocycles. The van der Waals surface area contributed by atoms with Crippen LogP contribution in [0.3, 0.4) is 0 Å². The van der Waals surface area contributed by atoms with Gasteiger partial charge in [-0.2, -0.15) is 0 Å². The van der Waals surface area contributed by atoms with Crippen molar-refractivity contribution >= 4 is 0 Å². The lowest BCUT2D eigenvalue weighted by Crippen LogP contribution is -2.39. The molecular weight excluding hydrogens is 182 g/mol. The highest BCUT2D eigenvalue weighted by Crippen LogP contribution is 2.50. The summed E-state index contributed by atoms with van der Waals surface area (Å²) in [4.78, 5) is 0. The van der Waals surface area contributed by atoms with Gasteiger partial charge in [-0.3, -0.25) is 0 Å². The Balaban J connectivity index is 1.54. The second kappa shape index (κ2) is 4.08. The monoisotopic (exact) mass is 207 g/mol. The summed E-state index contributed by atoms with van der Waals surface area (Å²) in [6.45, 7) is 0. The van der Waals surface area contributed by atoms with Crippen LogP contribution in [0.5, 0.6) is 0 Å². The van der Waals surface area contributed by atoms with Crippen LogP contribution in [-0.4, -0.2) is 13.1 Å². The topological polar surface area (TPSA) is 12.0 Å². The Bertz CT molecular complexity index is 221.